The van der Waals surface area contributed by atoms with Crippen LogP contribution in [-0.2, 0) is 15.8 Å². The van der Waals surface area contributed by atoms with Gasteiger partial charge in [0.25, 0.3) is 5.91 Å². The van der Waals surface area contributed by atoms with Crippen LogP contribution >= 0.6 is 0 Å². The van der Waals surface area contributed by atoms with E-state index < -0.39 is 15.9 Å². The molecule has 7 heteroatoms. The molecule has 1 amide bonds. The fourth-order valence-corrected chi connectivity index (χ4v) is 4.12. The molecule has 0 spiro atoms. The molecule has 0 saturated heterocycles. The zero-order valence-electron chi connectivity index (χ0n) is 13.8. The van der Waals surface area contributed by atoms with E-state index >= 15 is 0 Å². The van der Waals surface area contributed by atoms with Crippen LogP contribution in [-0.4, -0.2) is 24.1 Å². The Morgan fingerprint density at radius 2 is 1.96 bits per heavy atom. The van der Waals surface area contributed by atoms with Gasteiger partial charge in [-0.25, -0.2) is 13.1 Å². The topological polar surface area (TPSA) is 81.1 Å². The van der Waals surface area contributed by atoms with Crippen LogP contribution in [0.15, 0.2) is 30.6 Å². The van der Waals surface area contributed by atoms with Crippen molar-refractivity contribution in [2.24, 2.45) is 0 Å². The fraction of sp³-hybridized carbons (Fsp3) is 0.412. The van der Waals surface area contributed by atoms with E-state index in [0.29, 0.717) is 6.04 Å². The number of carbonyl (C=O) groups is 1. The van der Waals surface area contributed by atoms with Crippen LogP contribution in [0.4, 0.5) is 0 Å². The maximum atomic E-state index is 12.3. The minimum absolute atomic E-state index is 0.214. The number of rotatable bonds is 5. The Bertz CT molecular complexity index is 847. The van der Waals surface area contributed by atoms with Gasteiger partial charge in [-0.15, -0.1) is 0 Å². The van der Waals surface area contributed by atoms with Crippen molar-refractivity contribution in [1.29, 1.82) is 0 Å². The molecule has 0 atom stereocenters. The normalized spacial score (nSPS) is 15.1. The predicted molar refractivity (Wildman–Crippen MR) is 91.1 cm³/mol. The molecule has 0 aliphatic heterocycles. The molecule has 1 aliphatic carbocycles. The number of hydrogen-bond acceptors (Lipinski definition) is 4. The van der Waals surface area contributed by atoms with Crippen molar-refractivity contribution in [2.75, 3.05) is 0 Å². The lowest BCUT2D eigenvalue weighted by atomic mass is 9.93. The zero-order chi connectivity index (χ0) is 17.3. The second kappa shape index (κ2) is 6.39. The van der Waals surface area contributed by atoms with Crippen molar-refractivity contribution in [1.82, 2.24) is 14.5 Å². The molecule has 1 aromatic heterocycles. The van der Waals surface area contributed by atoms with E-state index in [2.05, 4.69) is 9.82 Å². The summed E-state index contributed by atoms with van der Waals surface area (Å²) < 4.78 is 28.6. The second-order valence-electron chi connectivity index (χ2n) is 6.35. The van der Waals surface area contributed by atoms with E-state index in [1.807, 2.05) is 32.0 Å². The van der Waals surface area contributed by atoms with Gasteiger partial charge in [0, 0.05) is 6.20 Å². The maximum absolute atomic E-state index is 12.3. The molecule has 0 bridgehead atoms. The Balaban J connectivity index is 1.71. The third-order valence-corrected chi connectivity index (χ3v) is 5.70. The van der Waals surface area contributed by atoms with Crippen LogP contribution in [0.2, 0.25) is 0 Å². The molecule has 0 unspecified atom stereocenters. The van der Waals surface area contributed by atoms with E-state index in [1.54, 1.807) is 10.9 Å². The van der Waals surface area contributed by atoms with Crippen LogP contribution in [0.25, 0.3) is 0 Å². The molecule has 2 aromatic rings. The number of amides is 1. The van der Waals surface area contributed by atoms with E-state index in [9.17, 15) is 13.2 Å². The largest absolute Gasteiger partial charge is 0.269 e. The van der Waals surface area contributed by atoms with Crippen molar-refractivity contribution < 1.29 is 13.2 Å². The number of carbonyl (C=O) groups excluding carboxylic acids is 1. The van der Waals surface area contributed by atoms with Crippen LogP contribution in [0.5, 0.6) is 0 Å². The molecule has 6 nitrogen and oxygen atoms in total. The van der Waals surface area contributed by atoms with E-state index in [1.165, 1.54) is 6.20 Å². The van der Waals surface area contributed by atoms with Gasteiger partial charge in [0.2, 0.25) is 10.0 Å². The first kappa shape index (κ1) is 16.7. The number of nitrogens with one attached hydrogen (secondary N) is 1. The van der Waals surface area contributed by atoms with E-state index in [-0.39, 0.29) is 11.3 Å². The number of aromatic nitrogens is 2. The van der Waals surface area contributed by atoms with Gasteiger partial charge in [0.15, 0.2) is 0 Å². The van der Waals surface area contributed by atoms with Crippen molar-refractivity contribution in [2.45, 2.75) is 44.9 Å². The average molecular weight is 347 g/mol. The van der Waals surface area contributed by atoms with Crippen molar-refractivity contribution in [3.05, 3.63) is 52.8 Å². The first-order chi connectivity index (χ1) is 11.4. The van der Waals surface area contributed by atoms with Crippen molar-refractivity contribution >= 4 is 15.9 Å². The lowest BCUT2D eigenvalue weighted by Gasteiger charge is -2.25. The molecule has 1 saturated carbocycles. The third kappa shape index (κ3) is 3.51. The van der Waals surface area contributed by atoms with Gasteiger partial charge in [-0.2, -0.15) is 5.10 Å². The molecule has 1 N–H and O–H groups in total. The fourth-order valence-electron chi connectivity index (χ4n) is 2.81. The Hall–Kier alpha value is -2.15. The molecule has 128 valence electrons. The van der Waals surface area contributed by atoms with Crippen LogP contribution in [0.3, 0.4) is 0 Å². The first-order valence-electron chi connectivity index (χ1n) is 8.00. The molecule has 1 fully saturated rings. The highest BCUT2D eigenvalue weighted by Gasteiger charge is 2.23. The summed E-state index contributed by atoms with van der Waals surface area (Å²) in [6.45, 7) is 3.73. The molecular weight excluding hydrogens is 326 g/mol. The summed E-state index contributed by atoms with van der Waals surface area (Å²) in [4.78, 5) is 12.2. The molecule has 24 heavy (non-hydrogen) atoms. The molecular formula is C17H21N3O3S. The van der Waals surface area contributed by atoms with Gasteiger partial charge in [0.1, 0.15) is 0 Å². The molecule has 3 rings (SSSR count). The standard InChI is InChI=1S/C17H21N3O3S/c1-12-5-3-6-13(2)16(12)11-24(22,23)19-17(21)14-9-18-20(10-14)15-7-4-8-15/h3,5-6,9-10,15H,4,7-8,11H2,1-2H3,(H,19,21). The smallest absolute Gasteiger partial charge is 0.267 e. The predicted octanol–water partition coefficient (Wildman–Crippen LogP) is 2.48. The summed E-state index contributed by atoms with van der Waals surface area (Å²) in [5.41, 5.74) is 2.78. The quantitative estimate of drug-likeness (QED) is 0.901. The molecule has 0 radical (unpaired) electrons. The number of hydrogen-bond donors (Lipinski definition) is 1. The lowest BCUT2D eigenvalue weighted by molar-refractivity contribution is 0.0981. The minimum Gasteiger partial charge on any atom is -0.269 e. The van der Waals surface area contributed by atoms with E-state index in [0.717, 1.165) is 36.0 Å². The Kier molecular flexibility index (Phi) is 4.45. The van der Waals surface area contributed by atoms with E-state index in [4.69, 9.17) is 0 Å². The van der Waals surface area contributed by atoms with Crippen LogP contribution in [0.1, 0.15) is 52.4 Å². The van der Waals surface area contributed by atoms with Crippen LogP contribution < -0.4 is 4.72 Å². The number of aryl methyl sites for hydroxylation is 2. The van der Waals surface area contributed by atoms with Crippen molar-refractivity contribution in [3.63, 3.8) is 0 Å². The maximum Gasteiger partial charge on any atom is 0.267 e. The Labute approximate surface area is 141 Å². The first-order valence-corrected chi connectivity index (χ1v) is 9.65. The SMILES string of the molecule is Cc1cccc(C)c1CS(=O)(=O)NC(=O)c1cnn(C2CCC2)c1. The summed E-state index contributed by atoms with van der Waals surface area (Å²) in [6, 6.07) is 5.94. The van der Waals surface area contributed by atoms with Gasteiger partial charge in [-0.1, -0.05) is 18.2 Å². The van der Waals surface area contributed by atoms with Crippen molar-refractivity contribution in [3.8, 4) is 0 Å². The van der Waals surface area contributed by atoms with Gasteiger partial charge in [0.05, 0.1) is 23.6 Å². The average Bonchev–Trinajstić information content (AvgIpc) is 2.90. The number of nitrogens with zero attached hydrogens (tertiary/aromatic N) is 2. The highest BCUT2D eigenvalue weighted by atomic mass is 32.2. The number of sulfonamides is 1. The number of benzene rings is 1. The lowest BCUT2D eigenvalue weighted by Crippen LogP contribution is -2.31. The summed E-state index contributed by atoms with van der Waals surface area (Å²) >= 11 is 0. The summed E-state index contributed by atoms with van der Waals surface area (Å²) in [6.07, 6.45) is 6.30. The summed E-state index contributed by atoms with van der Waals surface area (Å²) in [7, 11) is -3.77. The highest BCUT2D eigenvalue weighted by molar-refractivity contribution is 7.89. The third-order valence-electron chi connectivity index (χ3n) is 4.54. The molecule has 1 aromatic carbocycles. The van der Waals surface area contributed by atoms with Crippen LogP contribution in [0, 0.1) is 13.8 Å². The zero-order valence-corrected chi connectivity index (χ0v) is 14.6. The summed E-state index contributed by atoms with van der Waals surface area (Å²) in [5.74, 6) is -0.847. The Morgan fingerprint density at radius 1 is 1.29 bits per heavy atom. The van der Waals surface area contributed by atoms with Gasteiger partial charge in [-0.05, 0) is 49.8 Å². The van der Waals surface area contributed by atoms with Gasteiger partial charge >= 0.3 is 0 Å². The van der Waals surface area contributed by atoms with Gasteiger partial charge in [-0.3, -0.25) is 9.48 Å². The molecule has 1 heterocycles. The monoisotopic (exact) mass is 347 g/mol. The highest BCUT2D eigenvalue weighted by Crippen LogP contribution is 2.30. The Morgan fingerprint density at radius 3 is 2.54 bits per heavy atom. The second-order valence-corrected chi connectivity index (χ2v) is 8.08. The minimum atomic E-state index is -3.77. The van der Waals surface area contributed by atoms with Gasteiger partial charge < -0.3 is 0 Å². The molecule has 1 aliphatic rings. The summed E-state index contributed by atoms with van der Waals surface area (Å²) in [5, 5.41) is 4.16.